The predicted molar refractivity (Wildman–Crippen MR) is 104 cm³/mol. The Kier molecular flexibility index (Phi) is 5.31. The van der Waals surface area contributed by atoms with E-state index in [-0.39, 0.29) is 23.1 Å². The van der Waals surface area contributed by atoms with Crippen molar-refractivity contribution in [2.75, 3.05) is 31.1 Å². The highest BCUT2D eigenvalue weighted by molar-refractivity contribution is 6.30. The van der Waals surface area contributed by atoms with Crippen LogP contribution in [0.3, 0.4) is 0 Å². The SMILES string of the molecule is N#Cc1ccc(N2CCC(N3CCOC(c4ccc(F)c(Cl)c4)C3)C2=O)cc1. The molecule has 2 aromatic rings. The molecule has 5 nitrogen and oxygen atoms in total. The molecular formula is C21H19ClFN3O2. The smallest absolute Gasteiger partial charge is 0.244 e. The van der Waals surface area contributed by atoms with Crippen LogP contribution in [0.25, 0.3) is 0 Å². The monoisotopic (exact) mass is 399 g/mol. The number of carbonyl (C=O) groups is 1. The molecule has 2 atom stereocenters. The van der Waals surface area contributed by atoms with Crippen LogP contribution >= 0.6 is 11.6 Å². The Bertz CT molecular complexity index is 928. The summed E-state index contributed by atoms with van der Waals surface area (Å²) in [5, 5.41) is 9.00. The molecule has 2 aromatic carbocycles. The first-order chi connectivity index (χ1) is 13.6. The average Bonchev–Trinajstić information content (AvgIpc) is 3.11. The fourth-order valence-corrected chi connectivity index (χ4v) is 4.03. The van der Waals surface area contributed by atoms with Gasteiger partial charge in [-0.05, 0) is 48.4 Å². The van der Waals surface area contributed by atoms with E-state index < -0.39 is 5.82 Å². The highest BCUT2D eigenvalue weighted by Crippen LogP contribution is 2.30. The van der Waals surface area contributed by atoms with Crippen LogP contribution in [0.4, 0.5) is 10.1 Å². The van der Waals surface area contributed by atoms with Crippen LogP contribution in [-0.4, -0.2) is 43.1 Å². The summed E-state index contributed by atoms with van der Waals surface area (Å²) in [6, 6.07) is 13.5. The molecule has 1 amide bonds. The van der Waals surface area contributed by atoms with Crippen LogP contribution in [-0.2, 0) is 9.53 Å². The van der Waals surface area contributed by atoms with Crippen molar-refractivity contribution in [2.45, 2.75) is 18.6 Å². The molecule has 0 aromatic heterocycles. The number of nitriles is 1. The van der Waals surface area contributed by atoms with Crippen LogP contribution in [0.5, 0.6) is 0 Å². The number of benzene rings is 2. The Morgan fingerprint density at radius 2 is 1.96 bits per heavy atom. The lowest BCUT2D eigenvalue weighted by molar-refractivity contribution is -0.125. The number of hydrogen-bond acceptors (Lipinski definition) is 4. The Labute approximate surface area is 167 Å². The van der Waals surface area contributed by atoms with Crippen molar-refractivity contribution in [3.8, 4) is 6.07 Å². The Hall–Kier alpha value is -2.46. The zero-order valence-electron chi connectivity index (χ0n) is 15.1. The van der Waals surface area contributed by atoms with E-state index in [1.54, 1.807) is 29.2 Å². The molecule has 4 rings (SSSR count). The van der Waals surface area contributed by atoms with Gasteiger partial charge in [-0.2, -0.15) is 5.26 Å². The largest absolute Gasteiger partial charge is 0.371 e. The van der Waals surface area contributed by atoms with Gasteiger partial charge in [0.15, 0.2) is 0 Å². The molecule has 0 bridgehead atoms. The van der Waals surface area contributed by atoms with Gasteiger partial charge in [-0.1, -0.05) is 17.7 Å². The van der Waals surface area contributed by atoms with E-state index in [9.17, 15) is 9.18 Å². The van der Waals surface area contributed by atoms with Gasteiger partial charge in [0, 0.05) is 25.3 Å². The van der Waals surface area contributed by atoms with Crippen LogP contribution in [0, 0.1) is 17.1 Å². The van der Waals surface area contributed by atoms with Crippen molar-refractivity contribution in [2.24, 2.45) is 0 Å². The fourth-order valence-electron chi connectivity index (χ4n) is 3.84. The Balaban J connectivity index is 1.47. The van der Waals surface area contributed by atoms with Crippen LogP contribution in [0.2, 0.25) is 5.02 Å². The Morgan fingerprint density at radius 3 is 2.68 bits per heavy atom. The summed E-state index contributed by atoms with van der Waals surface area (Å²) in [5.74, 6) is -0.399. The molecule has 28 heavy (non-hydrogen) atoms. The standard InChI is InChI=1S/C21H19ClFN3O2/c22-17-11-15(3-6-18(17)23)20-13-25(9-10-28-20)19-7-8-26(21(19)27)16-4-1-14(12-24)2-5-16/h1-6,11,19-20H,7-10,13H2. The lowest BCUT2D eigenvalue weighted by Crippen LogP contribution is -2.48. The third kappa shape index (κ3) is 3.61. The number of rotatable bonds is 3. The van der Waals surface area contributed by atoms with Crippen molar-refractivity contribution in [3.63, 3.8) is 0 Å². The number of nitrogens with zero attached hydrogens (tertiary/aromatic N) is 3. The molecule has 0 N–H and O–H groups in total. The van der Waals surface area contributed by atoms with Crippen LogP contribution < -0.4 is 4.90 Å². The third-order valence-corrected chi connectivity index (χ3v) is 5.63. The van der Waals surface area contributed by atoms with E-state index in [0.717, 1.165) is 17.7 Å². The van der Waals surface area contributed by atoms with Gasteiger partial charge in [0.2, 0.25) is 5.91 Å². The molecule has 0 spiro atoms. The zero-order valence-corrected chi connectivity index (χ0v) is 15.9. The van der Waals surface area contributed by atoms with Crippen molar-refractivity contribution < 1.29 is 13.9 Å². The van der Waals surface area contributed by atoms with Gasteiger partial charge in [-0.15, -0.1) is 0 Å². The molecule has 2 aliphatic rings. The van der Waals surface area contributed by atoms with Crippen LogP contribution in [0.1, 0.15) is 23.7 Å². The second-order valence-corrected chi connectivity index (χ2v) is 7.39. The quantitative estimate of drug-likeness (QED) is 0.792. The van der Waals surface area contributed by atoms with Gasteiger partial charge in [0.25, 0.3) is 0 Å². The summed E-state index contributed by atoms with van der Waals surface area (Å²) in [6.45, 7) is 2.36. The predicted octanol–water partition coefficient (Wildman–Crippen LogP) is 3.53. The first kappa shape index (κ1) is 18.9. The van der Waals surface area contributed by atoms with Gasteiger partial charge in [0.05, 0.1) is 35.4 Å². The molecule has 0 radical (unpaired) electrons. The first-order valence-electron chi connectivity index (χ1n) is 9.19. The highest BCUT2D eigenvalue weighted by Gasteiger charge is 2.39. The number of morpholine rings is 1. The normalized spacial score (nSPS) is 23.0. The van der Waals surface area contributed by atoms with Gasteiger partial charge in [0.1, 0.15) is 5.82 Å². The van der Waals surface area contributed by atoms with Crippen molar-refractivity contribution in [3.05, 3.63) is 64.4 Å². The summed E-state index contributed by atoms with van der Waals surface area (Å²) < 4.78 is 19.3. The van der Waals surface area contributed by atoms with Gasteiger partial charge in [-0.3, -0.25) is 9.69 Å². The van der Waals surface area contributed by atoms with Crippen molar-refractivity contribution in [1.29, 1.82) is 5.26 Å². The van der Waals surface area contributed by atoms with Gasteiger partial charge in [-0.25, -0.2) is 4.39 Å². The molecule has 2 aliphatic heterocycles. The van der Waals surface area contributed by atoms with Crippen LogP contribution in [0.15, 0.2) is 42.5 Å². The number of carbonyl (C=O) groups excluding carboxylic acids is 1. The Morgan fingerprint density at radius 1 is 1.18 bits per heavy atom. The number of halogens is 2. The van der Waals surface area contributed by atoms with E-state index in [4.69, 9.17) is 21.6 Å². The number of hydrogen-bond donors (Lipinski definition) is 0. The van der Waals surface area contributed by atoms with Gasteiger partial charge >= 0.3 is 0 Å². The van der Waals surface area contributed by atoms with E-state index in [1.807, 2.05) is 12.1 Å². The maximum Gasteiger partial charge on any atom is 0.244 e. The molecule has 2 heterocycles. The van der Waals surface area contributed by atoms with Gasteiger partial charge < -0.3 is 9.64 Å². The minimum atomic E-state index is -0.456. The summed E-state index contributed by atoms with van der Waals surface area (Å²) >= 11 is 5.90. The molecule has 2 saturated heterocycles. The second-order valence-electron chi connectivity index (χ2n) is 6.98. The fraction of sp³-hybridized carbons (Fsp3) is 0.333. The summed E-state index contributed by atoms with van der Waals surface area (Å²) in [7, 11) is 0. The maximum atomic E-state index is 13.4. The van der Waals surface area contributed by atoms with E-state index in [2.05, 4.69) is 11.0 Å². The van der Waals surface area contributed by atoms with E-state index >= 15 is 0 Å². The summed E-state index contributed by atoms with van der Waals surface area (Å²) in [4.78, 5) is 16.9. The molecule has 2 unspecified atom stereocenters. The average molecular weight is 400 g/mol. The number of anilines is 1. The minimum Gasteiger partial charge on any atom is -0.371 e. The second kappa shape index (κ2) is 7.88. The third-order valence-electron chi connectivity index (χ3n) is 5.34. The highest BCUT2D eigenvalue weighted by atomic mass is 35.5. The van der Waals surface area contributed by atoms with E-state index in [1.165, 1.54) is 6.07 Å². The van der Waals surface area contributed by atoms with E-state index in [0.29, 0.717) is 31.8 Å². The van der Waals surface area contributed by atoms with Crippen molar-refractivity contribution >= 4 is 23.2 Å². The zero-order chi connectivity index (χ0) is 19.7. The minimum absolute atomic E-state index is 0.0579. The lowest BCUT2D eigenvalue weighted by atomic mass is 10.1. The molecule has 2 fully saturated rings. The number of ether oxygens (including phenoxy) is 1. The first-order valence-corrected chi connectivity index (χ1v) is 9.57. The summed E-state index contributed by atoms with van der Waals surface area (Å²) in [5.41, 5.74) is 2.19. The number of amides is 1. The molecule has 144 valence electrons. The lowest BCUT2D eigenvalue weighted by Gasteiger charge is -2.36. The molecule has 0 saturated carbocycles. The van der Waals surface area contributed by atoms with Crippen molar-refractivity contribution in [1.82, 2.24) is 4.90 Å². The summed E-state index contributed by atoms with van der Waals surface area (Å²) in [6.07, 6.45) is 0.485. The maximum absolute atomic E-state index is 13.4. The topological polar surface area (TPSA) is 56.6 Å². The molecular weight excluding hydrogens is 381 g/mol. The molecule has 0 aliphatic carbocycles. The molecule has 7 heteroatoms.